The molecule has 0 aromatic carbocycles. The summed E-state index contributed by atoms with van der Waals surface area (Å²) in [5.74, 6) is 2.80. The summed E-state index contributed by atoms with van der Waals surface area (Å²) in [6.07, 6.45) is 9.98. The summed E-state index contributed by atoms with van der Waals surface area (Å²) in [5.41, 5.74) is 9.36. The van der Waals surface area contributed by atoms with E-state index in [4.69, 9.17) is 15.5 Å². The molecule has 0 radical (unpaired) electrons. The first-order valence-corrected chi connectivity index (χ1v) is 13.9. The van der Waals surface area contributed by atoms with Gasteiger partial charge in [-0.25, -0.2) is 9.97 Å². The van der Waals surface area contributed by atoms with Crippen molar-refractivity contribution in [1.29, 1.82) is 0 Å². The van der Waals surface area contributed by atoms with Gasteiger partial charge in [0.1, 0.15) is 28.8 Å². The number of aliphatic hydroxyl groups excluding tert-OH is 1. The third kappa shape index (κ3) is 6.31. The van der Waals surface area contributed by atoms with Crippen LogP contribution >= 0.6 is 0 Å². The van der Waals surface area contributed by atoms with Gasteiger partial charge in [0.15, 0.2) is 11.6 Å². The van der Waals surface area contributed by atoms with Crippen LogP contribution in [0, 0.1) is 0 Å². The van der Waals surface area contributed by atoms with Crippen LogP contribution in [0.15, 0.2) is 24.8 Å². The summed E-state index contributed by atoms with van der Waals surface area (Å²) in [5, 5.41) is 22.0. The van der Waals surface area contributed by atoms with Crippen molar-refractivity contribution < 1.29 is 9.84 Å². The lowest BCUT2D eigenvalue weighted by molar-refractivity contribution is 0.200. The maximum absolute atomic E-state index is 9.52. The molecule has 1 fully saturated rings. The molecule has 13 nitrogen and oxygen atoms in total. The number of fused-ring (bicyclic) bond motifs is 1. The normalized spacial score (nSPS) is 15.5. The molecule has 214 valence electrons. The molecule has 0 spiro atoms. The summed E-state index contributed by atoms with van der Waals surface area (Å²) in [7, 11) is 3.57. The number of anilines is 2. The molecule has 1 atom stereocenters. The van der Waals surface area contributed by atoms with E-state index >= 15 is 0 Å². The Morgan fingerprint density at radius 2 is 1.98 bits per heavy atom. The van der Waals surface area contributed by atoms with Crippen LogP contribution in [0.25, 0.3) is 11.0 Å². The standard InChI is InChI=1S/C27H39N11O2/c1-4-5-20(8-11-39)32-26-25-21(33-27(28)34-26)14-31-38(25)15-22-23(40-3)12-19(13-29-22)18-6-9-37(10-7-18)16-24-30-17-36(2)35-24/h12-14,17-18,20,39H,4-11,15-16H2,1-3H3,(H3,28,32,33,34)/t20-/m0/s1. The Morgan fingerprint density at radius 1 is 1.15 bits per heavy atom. The maximum atomic E-state index is 9.52. The highest BCUT2D eigenvalue weighted by Crippen LogP contribution is 2.32. The second-order valence-electron chi connectivity index (χ2n) is 10.4. The smallest absolute Gasteiger partial charge is 0.222 e. The van der Waals surface area contributed by atoms with E-state index in [2.05, 4.69) is 48.4 Å². The van der Waals surface area contributed by atoms with Crippen LogP contribution in [-0.2, 0) is 20.1 Å². The largest absolute Gasteiger partial charge is 0.495 e. The van der Waals surface area contributed by atoms with Gasteiger partial charge in [0, 0.05) is 25.9 Å². The van der Waals surface area contributed by atoms with Crippen molar-refractivity contribution in [3.8, 4) is 5.75 Å². The molecule has 0 saturated carbocycles. The molecule has 40 heavy (non-hydrogen) atoms. The Labute approximate surface area is 233 Å². The maximum Gasteiger partial charge on any atom is 0.222 e. The zero-order chi connectivity index (χ0) is 28.1. The first kappa shape index (κ1) is 27.7. The number of likely N-dealkylation sites (tertiary alicyclic amines) is 1. The van der Waals surface area contributed by atoms with E-state index in [9.17, 15) is 5.11 Å². The van der Waals surface area contributed by atoms with Crippen molar-refractivity contribution >= 4 is 22.8 Å². The van der Waals surface area contributed by atoms with Gasteiger partial charge in [-0.2, -0.15) is 15.2 Å². The van der Waals surface area contributed by atoms with Gasteiger partial charge >= 0.3 is 0 Å². The molecule has 4 aromatic heterocycles. The van der Waals surface area contributed by atoms with Crippen LogP contribution in [0.1, 0.15) is 62.0 Å². The fourth-order valence-corrected chi connectivity index (χ4v) is 5.45. The van der Waals surface area contributed by atoms with Crippen molar-refractivity contribution in [3.63, 3.8) is 0 Å². The van der Waals surface area contributed by atoms with Crippen molar-refractivity contribution in [2.45, 2.75) is 64.1 Å². The molecule has 1 saturated heterocycles. The predicted molar refractivity (Wildman–Crippen MR) is 152 cm³/mol. The van der Waals surface area contributed by atoms with Crippen LogP contribution in [0.2, 0.25) is 0 Å². The van der Waals surface area contributed by atoms with E-state index in [1.54, 1.807) is 24.3 Å². The van der Waals surface area contributed by atoms with Crippen molar-refractivity contribution in [2.75, 3.05) is 37.9 Å². The number of nitrogens with zero attached hydrogens (tertiary/aromatic N) is 9. The van der Waals surface area contributed by atoms with Crippen LogP contribution in [0.5, 0.6) is 5.75 Å². The molecule has 4 aromatic rings. The van der Waals surface area contributed by atoms with Gasteiger partial charge in [0.2, 0.25) is 5.95 Å². The van der Waals surface area contributed by atoms with Crippen molar-refractivity contribution in [3.05, 3.63) is 41.9 Å². The molecule has 5 rings (SSSR count). The zero-order valence-electron chi connectivity index (χ0n) is 23.5. The minimum atomic E-state index is 0.0643. The Kier molecular flexibility index (Phi) is 8.70. The molecule has 5 heterocycles. The Morgan fingerprint density at radius 3 is 2.67 bits per heavy atom. The average molecular weight is 550 g/mol. The van der Waals surface area contributed by atoms with Crippen LogP contribution in [0.3, 0.4) is 0 Å². The van der Waals surface area contributed by atoms with Gasteiger partial charge in [-0.15, -0.1) is 0 Å². The number of aliphatic hydroxyl groups is 1. The van der Waals surface area contributed by atoms with E-state index in [0.717, 1.165) is 68.1 Å². The second-order valence-corrected chi connectivity index (χ2v) is 10.4. The number of nitrogens with two attached hydrogens (primary N) is 1. The molecule has 4 N–H and O–H groups in total. The summed E-state index contributed by atoms with van der Waals surface area (Å²) in [6, 6.07) is 2.18. The molecular weight excluding hydrogens is 510 g/mol. The van der Waals surface area contributed by atoms with Crippen molar-refractivity contribution in [1.82, 2.24) is 44.4 Å². The highest BCUT2D eigenvalue weighted by molar-refractivity contribution is 5.86. The number of methoxy groups -OCH3 is 1. The molecule has 0 unspecified atom stereocenters. The highest BCUT2D eigenvalue weighted by Gasteiger charge is 2.24. The van der Waals surface area contributed by atoms with Gasteiger partial charge in [-0.05, 0) is 56.3 Å². The number of pyridine rings is 1. The fraction of sp³-hybridized carbons (Fsp3) is 0.556. The molecule has 1 aliphatic heterocycles. The number of rotatable bonds is 12. The topological polar surface area (TPSA) is 158 Å². The average Bonchev–Trinajstić information content (AvgIpc) is 3.55. The molecular formula is C27H39N11O2. The number of aromatic nitrogens is 8. The first-order valence-electron chi connectivity index (χ1n) is 13.9. The van der Waals surface area contributed by atoms with Crippen LogP contribution in [0.4, 0.5) is 11.8 Å². The monoisotopic (exact) mass is 549 g/mol. The molecule has 0 bridgehead atoms. The highest BCUT2D eigenvalue weighted by atomic mass is 16.5. The third-order valence-corrected chi connectivity index (χ3v) is 7.50. The quantitative estimate of drug-likeness (QED) is 0.238. The van der Waals surface area contributed by atoms with E-state index in [1.807, 2.05) is 17.9 Å². The van der Waals surface area contributed by atoms with E-state index < -0.39 is 0 Å². The zero-order valence-corrected chi connectivity index (χ0v) is 23.5. The Balaban J connectivity index is 1.32. The number of nitrogens with one attached hydrogen (secondary N) is 1. The van der Waals surface area contributed by atoms with Gasteiger partial charge in [0.25, 0.3) is 0 Å². The number of ether oxygens (including phenoxy) is 1. The molecule has 13 heteroatoms. The van der Waals surface area contributed by atoms with Crippen molar-refractivity contribution in [2.24, 2.45) is 7.05 Å². The predicted octanol–water partition coefficient (Wildman–Crippen LogP) is 2.33. The molecule has 1 aliphatic rings. The number of hydrogen-bond donors (Lipinski definition) is 3. The van der Waals surface area contributed by atoms with Gasteiger partial charge in [-0.1, -0.05) is 13.3 Å². The molecule has 0 aliphatic carbocycles. The lowest BCUT2D eigenvalue weighted by Gasteiger charge is -2.31. The molecule has 0 amide bonds. The SMILES string of the molecule is CCC[C@@H](CCO)Nc1nc(N)nc2cnn(Cc3ncc(C4CCN(Cc5ncn(C)n5)CC4)cc3OC)c12. The van der Waals surface area contributed by atoms with Crippen LogP contribution < -0.4 is 15.8 Å². The number of piperidine rings is 1. The van der Waals surface area contributed by atoms with Gasteiger partial charge in [-0.3, -0.25) is 19.2 Å². The number of aryl methyl sites for hydroxylation is 1. The Bertz CT molecular complexity index is 1400. The lowest BCUT2D eigenvalue weighted by atomic mass is 9.90. The lowest BCUT2D eigenvalue weighted by Crippen LogP contribution is -2.33. The second kappa shape index (κ2) is 12.6. The summed E-state index contributed by atoms with van der Waals surface area (Å²) < 4.78 is 9.36. The van der Waals surface area contributed by atoms with E-state index in [0.29, 0.717) is 30.2 Å². The first-order chi connectivity index (χ1) is 19.5. The third-order valence-electron chi connectivity index (χ3n) is 7.50. The van der Waals surface area contributed by atoms with Gasteiger partial charge in [0.05, 0.1) is 26.4 Å². The number of nitrogen functional groups attached to an aromatic ring is 1. The fourth-order valence-electron chi connectivity index (χ4n) is 5.45. The van der Waals surface area contributed by atoms with E-state index in [-0.39, 0.29) is 18.6 Å². The van der Waals surface area contributed by atoms with E-state index in [1.165, 1.54) is 5.56 Å². The summed E-state index contributed by atoms with van der Waals surface area (Å²) in [6.45, 7) is 5.35. The summed E-state index contributed by atoms with van der Waals surface area (Å²) in [4.78, 5) is 20.4. The summed E-state index contributed by atoms with van der Waals surface area (Å²) >= 11 is 0. The Hall–Kier alpha value is -3.84. The number of hydrogen-bond acceptors (Lipinski definition) is 11. The minimum absolute atomic E-state index is 0.0643. The minimum Gasteiger partial charge on any atom is -0.495 e. The van der Waals surface area contributed by atoms with Gasteiger partial charge < -0.3 is 20.9 Å². The van der Waals surface area contributed by atoms with Crippen LogP contribution in [-0.4, -0.2) is 82.4 Å².